The Morgan fingerprint density at radius 2 is 1.61 bits per heavy atom. The number of ether oxygens (including phenoxy) is 3. The van der Waals surface area contributed by atoms with Gasteiger partial charge in [-0.2, -0.15) is 0 Å². The third-order valence-electron chi connectivity index (χ3n) is 6.09. The number of pyridine rings is 1. The molecular formula is C30H24F2N4O5. The van der Waals surface area contributed by atoms with Crippen LogP contribution in [0.5, 0.6) is 17.4 Å². The van der Waals surface area contributed by atoms with Gasteiger partial charge in [0.2, 0.25) is 5.88 Å². The Labute approximate surface area is 232 Å². The van der Waals surface area contributed by atoms with E-state index >= 15 is 0 Å². The van der Waals surface area contributed by atoms with Gasteiger partial charge in [-0.3, -0.25) is 9.59 Å². The van der Waals surface area contributed by atoms with Crippen molar-refractivity contribution in [2.75, 3.05) is 7.11 Å². The predicted octanol–water partition coefficient (Wildman–Crippen LogP) is 4.69. The number of amides is 1. The lowest BCUT2D eigenvalue weighted by Gasteiger charge is -2.11. The molecule has 0 fully saturated rings. The average Bonchev–Trinajstić information content (AvgIpc) is 2.99. The summed E-state index contributed by atoms with van der Waals surface area (Å²) in [4.78, 5) is 36.5. The summed E-state index contributed by atoms with van der Waals surface area (Å²) in [5, 5.41) is 2.55. The molecule has 9 nitrogen and oxygen atoms in total. The van der Waals surface area contributed by atoms with Crippen molar-refractivity contribution in [3.05, 3.63) is 123 Å². The fourth-order valence-corrected chi connectivity index (χ4v) is 3.95. The number of nitrogens with one attached hydrogen (secondary N) is 2. The second-order valence-corrected chi connectivity index (χ2v) is 8.92. The van der Waals surface area contributed by atoms with Crippen LogP contribution in [0, 0.1) is 11.6 Å². The predicted molar refractivity (Wildman–Crippen MR) is 146 cm³/mol. The molecule has 0 spiro atoms. The van der Waals surface area contributed by atoms with E-state index in [0.29, 0.717) is 23.6 Å². The quantitative estimate of drug-likeness (QED) is 0.256. The number of H-pyrrole nitrogens is 1. The normalized spacial score (nSPS) is 10.8. The van der Waals surface area contributed by atoms with Crippen molar-refractivity contribution in [3.8, 4) is 17.4 Å². The summed E-state index contributed by atoms with van der Waals surface area (Å²) in [7, 11) is 1.60. The third kappa shape index (κ3) is 6.64. The van der Waals surface area contributed by atoms with E-state index in [0.717, 1.165) is 17.4 Å². The topological polar surface area (TPSA) is 115 Å². The van der Waals surface area contributed by atoms with Crippen LogP contribution in [-0.2, 0) is 19.8 Å². The number of halogens is 2. The first-order valence-electron chi connectivity index (χ1n) is 12.5. The highest BCUT2D eigenvalue weighted by Gasteiger charge is 2.18. The summed E-state index contributed by atoms with van der Waals surface area (Å²) in [6.07, 6.45) is 1.56. The largest absolute Gasteiger partial charge is 0.497 e. The smallest absolute Gasteiger partial charge is 0.287 e. The molecule has 3 aromatic carbocycles. The Morgan fingerprint density at radius 3 is 2.34 bits per heavy atom. The first-order chi connectivity index (χ1) is 19.9. The molecule has 1 amide bonds. The molecular weight excluding hydrogens is 534 g/mol. The molecule has 0 saturated carbocycles. The van der Waals surface area contributed by atoms with Crippen LogP contribution in [0.1, 0.15) is 27.3 Å². The van der Waals surface area contributed by atoms with Crippen molar-refractivity contribution in [1.82, 2.24) is 20.3 Å². The first kappa shape index (κ1) is 27.3. The molecule has 11 heteroatoms. The maximum absolute atomic E-state index is 14.6. The van der Waals surface area contributed by atoms with Gasteiger partial charge < -0.3 is 24.5 Å². The number of carbonyl (C=O) groups is 1. The lowest BCUT2D eigenvalue weighted by atomic mass is 10.2. The van der Waals surface area contributed by atoms with E-state index in [2.05, 4.69) is 20.3 Å². The minimum atomic E-state index is -0.771. The van der Waals surface area contributed by atoms with E-state index in [1.54, 1.807) is 25.4 Å². The van der Waals surface area contributed by atoms with Gasteiger partial charge in [-0.1, -0.05) is 24.3 Å². The average molecular weight is 559 g/mol. The van der Waals surface area contributed by atoms with Crippen LogP contribution in [0.15, 0.2) is 83.8 Å². The van der Waals surface area contributed by atoms with Gasteiger partial charge in [0.05, 0.1) is 12.6 Å². The van der Waals surface area contributed by atoms with E-state index in [-0.39, 0.29) is 35.6 Å². The zero-order valence-corrected chi connectivity index (χ0v) is 21.8. The van der Waals surface area contributed by atoms with Crippen molar-refractivity contribution >= 4 is 16.8 Å². The minimum Gasteiger partial charge on any atom is -0.497 e. The highest BCUT2D eigenvalue weighted by molar-refractivity contribution is 5.93. The lowest BCUT2D eigenvalue weighted by Crippen LogP contribution is -2.27. The number of nitrogens with zero attached hydrogens (tertiary/aromatic N) is 2. The molecule has 0 aliphatic carbocycles. The van der Waals surface area contributed by atoms with Gasteiger partial charge in [0.1, 0.15) is 30.2 Å². The molecule has 2 heterocycles. The summed E-state index contributed by atoms with van der Waals surface area (Å²) in [5.74, 6) is -1.27. The molecule has 5 rings (SSSR count). The number of hydrogen-bond donors (Lipinski definition) is 2. The lowest BCUT2D eigenvalue weighted by molar-refractivity contribution is 0.0940. The number of rotatable bonds is 10. The standard InChI is InChI=1S/C30H24F2N4O5/c1-39-22-8-4-19(5-9-22)16-40-25-14-20(12-13-33-25)15-34-30(38)28-35-24-11-10-23(32)27(26(24)29(37)36-28)41-17-18-2-6-21(31)7-3-18/h2-14H,15-17H2,1H3,(H,34,38)(H,35,36,37). The van der Waals surface area contributed by atoms with Gasteiger partial charge in [0.15, 0.2) is 17.4 Å². The number of fused-ring (bicyclic) bond motifs is 1. The first-order valence-corrected chi connectivity index (χ1v) is 12.5. The van der Waals surface area contributed by atoms with Crippen molar-refractivity contribution in [3.63, 3.8) is 0 Å². The van der Waals surface area contributed by atoms with Crippen molar-refractivity contribution in [2.45, 2.75) is 19.8 Å². The minimum absolute atomic E-state index is 0.0764. The maximum Gasteiger partial charge on any atom is 0.287 e. The molecule has 0 radical (unpaired) electrons. The van der Waals surface area contributed by atoms with Crippen LogP contribution in [0.25, 0.3) is 10.9 Å². The van der Waals surface area contributed by atoms with E-state index in [9.17, 15) is 18.4 Å². The number of benzene rings is 3. The van der Waals surface area contributed by atoms with Gasteiger partial charge in [-0.05, 0) is 59.2 Å². The summed E-state index contributed by atoms with van der Waals surface area (Å²) < 4.78 is 44.2. The van der Waals surface area contributed by atoms with Crippen molar-refractivity contribution < 1.29 is 27.8 Å². The molecule has 0 unspecified atom stereocenters. The molecule has 0 bridgehead atoms. The molecule has 2 aromatic heterocycles. The van der Waals surface area contributed by atoms with Crippen molar-refractivity contribution in [2.24, 2.45) is 0 Å². The fraction of sp³-hybridized carbons (Fsp3) is 0.133. The number of carbonyl (C=O) groups excluding carboxylic acids is 1. The zero-order chi connectivity index (χ0) is 28.8. The summed E-state index contributed by atoms with van der Waals surface area (Å²) in [6, 6.07) is 18.7. The van der Waals surface area contributed by atoms with Crippen molar-refractivity contribution in [1.29, 1.82) is 0 Å². The van der Waals surface area contributed by atoms with Gasteiger partial charge in [0, 0.05) is 18.8 Å². The monoisotopic (exact) mass is 558 g/mol. The second kappa shape index (κ2) is 12.2. The highest BCUT2D eigenvalue weighted by Crippen LogP contribution is 2.26. The molecule has 0 aliphatic heterocycles. The van der Waals surface area contributed by atoms with Crippen LogP contribution >= 0.6 is 0 Å². The number of aromatic amines is 1. The van der Waals surface area contributed by atoms with Crippen LogP contribution in [0.4, 0.5) is 8.78 Å². The number of aromatic nitrogens is 3. The van der Waals surface area contributed by atoms with Crippen LogP contribution in [-0.4, -0.2) is 28.0 Å². The van der Waals surface area contributed by atoms with E-state index in [4.69, 9.17) is 14.2 Å². The molecule has 0 saturated heterocycles. The Hall–Kier alpha value is -5.32. The highest BCUT2D eigenvalue weighted by atomic mass is 19.1. The Kier molecular flexibility index (Phi) is 8.14. The molecule has 0 atom stereocenters. The maximum atomic E-state index is 14.6. The van der Waals surface area contributed by atoms with E-state index < -0.39 is 23.1 Å². The number of hydrogen-bond acceptors (Lipinski definition) is 7. The van der Waals surface area contributed by atoms with Gasteiger partial charge in [0.25, 0.3) is 11.5 Å². The van der Waals surface area contributed by atoms with Gasteiger partial charge in [-0.15, -0.1) is 0 Å². The van der Waals surface area contributed by atoms with Crippen LogP contribution in [0.3, 0.4) is 0 Å². The van der Waals surface area contributed by atoms with Gasteiger partial charge >= 0.3 is 0 Å². The number of methoxy groups -OCH3 is 1. The summed E-state index contributed by atoms with van der Waals surface area (Å²) in [6.45, 7) is 0.304. The van der Waals surface area contributed by atoms with Gasteiger partial charge in [-0.25, -0.2) is 18.7 Å². The fourth-order valence-electron chi connectivity index (χ4n) is 3.95. The molecule has 41 heavy (non-hydrogen) atoms. The van der Waals surface area contributed by atoms with Crippen LogP contribution < -0.4 is 25.1 Å². The molecule has 0 aliphatic rings. The SMILES string of the molecule is COc1ccc(COc2cc(CNC(=O)c3nc4ccc(F)c(OCc5ccc(F)cc5)c4c(=O)[nH]3)ccn2)cc1. The van der Waals surface area contributed by atoms with E-state index in [1.165, 1.54) is 30.3 Å². The van der Waals surface area contributed by atoms with E-state index in [1.807, 2.05) is 24.3 Å². The summed E-state index contributed by atoms with van der Waals surface area (Å²) in [5.41, 5.74) is 1.55. The molecule has 208 valence electrons. The Balaban J connectivity index is 1.25. The van der Waals surface area contributed by atoms with Crippen LogP contribution in [0.2, 0.25) is 0 Å². The summed E-state index contributed by atoms with van der Waals surface area (Å²) >= 11 is 0. The Morgan fingerprint density at radius 1 is 0.902 bits per heavy atom. The zero-order valence-electron chi connectivity index (χ0n) is 21.8. The third-order valence-corrected chi connectivity index (χ3v) is 6.09. The molecule has 2 N–H and O–H groups in total. The Bertz CT molecular complexity index is 1740. The molecule has 5 aromatic rings. The second-order valence-electron chi connectivity index (χ2n) is 8.92.